The van der Waals surface area contributed by atoms with Crippen molar-refractivity contribution >= 4 is 27.5 Å². The summed E-state index contributed by atoms with van der Waals surface area (Å²) >= 11 is 3.32. The molecule has 1 aromatic carbocycles. The second-order valence-corrected chi connectivity index (χ2v) is 4.10. The average Bonchev–Trinajstić information content (AvgIpc) is 2.36. The molecule has 0 bridgehead atoms. The van der Waals surface area contributed by atoms with Crippen molar-refractivity contribution in [2.45, 2.75) is 0 Å². The fraction of sp³-hybridized carbons (Fsp3) is 0.0714. The van der Waals surface area contributed by atoms with Crippen LogP contribution in [0.1, 0.15) is 15.9 Å². The van der Waals surface area contributed by atoms with Crippen LogP contribution in [-0.2, 0) is 4.74 Å². The Morgan fingerprint density at radius 2 is 2.12 bits per heavy atom. The Labute approximate surface area is 109 Å². The Morgan fingerprint density at radius 3 is 2.65 bits per heavy atom. The van der Waals surface area contributed by atoms with Crippen molar-refractivity contribution in [3.8, 4) is 0 Å². The number of ether oxygens (including phenoxy) is 1. The van der Waals surface area contributed by atoms with Gasteiger partial charge in [-0.3, -0.25) is 0 Å². The predicted molar refractivity (Wildman–Crippen MR) is 73.9 cm³/mol. The number of methoxy groups -OCH3 is 1. The minimum atomic E-state index is -0.374. The quantitative estimate of drug-likeness (QED) is 0.619. The van der Waals surface area contributed by atoms with Gasteiger partial charge >= 0.3 is 5.97 Å². The molecule has 1 rings (SSSR count). The van der Waals surface area contributed by atoms with E-state index in [2.05, 4.69) is 29.1 Å². The third-order valence-electron chi connectivity index (χ3n) is 2.22. The van der Waals surface area contributed by atoms with Gasteiger partial charge in [-0.2, -0.15) is 0 Å². The first-order valence-corrected chi connectivity index (χ1v) is 5.76. The zero-order valence-corrected chi connectivity index (χ0v) is 11.2. The second kappa shape index (κ2) is 6.21. The number of hydrogen-bond acceptors (Lipinski definition) is 2. The molecule has 88 valence electrons. The van der Waals surface area contributed by atoms with E-state index in [9.17, 15) is 4.79 Å². The van der Waals surface area contributed by atoms with Gasteiger partial charge in [0.15, 0.2) is 0 Å². The lowest BCUT2D eigenvalue weighted by Crippen LogP contribution is -2.02. The van der Waals surface area contributed by atoms with Gasteiger partial charge in [0.1, 0.15) is 0 Å². The molecule has 0 aromatic heterocycles. The van der Waals surface area contributed by atoms with Crippen LogP contribution in [0.5, 0.6) is 0 Å². The van der Waals surface area contributed by atoms with E-state index in [4.69, 9.17) is 4.74 Å². The Hall–Kier alpha value is -1.61. The van der Waals surface area contributed by atoms with Crippen LogP contribution < -0.4 is 0 Å². The Kier molecular flexibility index (Phi) is 4.91. The van der Waals surface area contributed by atoms with Gasteiger partial charge in [0.25, 0.3) is 0 Å². The molecular formula is C14H13BrO2. The van der Waals surface area contributed by atoms with Gasteiger partial charge < -0.3 is 4.74 Å². The summed E-state index contributed by atoms with van der Waals surface area (Å²) in [6, 6.07) is 5.46. The second-order valence-electron chi connectivity index (χ2n) is 3.25. The maximum absolute atomic E-state index is 11.5. The Morgan fingerprint density at radius 1 is 1.41 bits per heavy atom. The maximum atomic E-state index is 11.5. The molecule has 0 radical (unpaired) electrons. The Bertz CT molecular complexity index is 487. The summed E-state index contributed by atoms with van der Waals surface area (Å²) < 4.78 is 5.41. The molecule has 0 aliphatic rings. The number of hydrogen-bond donors (Lipinski definition) is 0. The molecule has 0 aliphatic heterocycles. The molecule has 0 heterocycles. The number of allylic oxidation sites excluding steroid dienone is 4. The topological polar surface area (TPSA) is 26.3 Å². The van der Waals surface area contributed by atoms with E-state index in [0.717, 1.165) is 11.1 Å². The zero-order valence-electron chi connectivity index (χ0n) is 9.57. The number of benzene rings is 1. The van der Waals surface area contributed by atoms with E-state index < -0.39 is 0 Å². The van der Waals surface area contributed by atoms with Gasteiger partial charge in [-0.25, -0.2) is 4.79 Å². The molecule has 0 saturated carbocycles. The molecule has 0 spiro atoms. The summed E-state index contributed by atoms with van der Waals surface area (Å²) in [6.45, 7) is 7.37. The first kappa shape index (κ1) is 13.5. The van der Waals surface area contributed by atoms with Crippen LogP contribution in [0.3, 0.4) is 0 Å². The monoisotopic (exact) mass is 292 g/mol. The molecule has 1 aromatic rings. The van der Waals surface area contributed by atoms with Gasteiger partial charge in [0.05, 0.1) is 12.7 Å². The van der Waals surface area contributed by atoms with Gasteiger partial charge in [-0.1, -0.05) is 37.5 Å². The average molecular weight is 293 g/mol. The SMILES string of the molecule is C=C/C=C(\C=C)c1ccc(Br)c(C(=O)OC)c1. The van der Waals surface area contributed by atoms with Crippen LogP contribution >= 0.6 is 15.9 Å². The van der Waals surface area contributed by atoms with E-state index in [0.29, 0.717) is 10.0 Å². The van der Waals surface area contributed by atoms with Crippen molar-refractivity contribution < 1.29 is 9.53 Å². The van der Waals surface area contributed by atoms with Crippen molar-refractivity contribution in [2.24, 2.45) is 0 Å². The van der Waals surface area contributed by atoms with Crippen LogP contribution in [0.25, 0.3) is 5.57 Å². The van der Waals surface area contributed by atoms with Crippen LogP contribution in [0.4, 0.5) is 0 Å². The van der Waals surface area contributed by atoms with Crippen molar-refractivity contribution in [1.29, 1.82) is 0 Å². The third-order valence-corrected chi connectivity index (χ3v) is 2.91. The number of halogens is 1. The summed E-state index contributed by atoms with van der Waals surface area (Å²) in [5.74, 6) is -0.374. The van der Waals surface area contributed by atoms with Crippen LogP contribution in [-0.4, -0.2) is 13.1 Å². The van der Waals surface area contributed by atoms with Crippen molar-refractivity contribution in [2.75, 3.05) is 7.11 Å². The van der Waals surface area contributed by atoms with E-state index in [1.165, 1.54) is 7.11 Å². The summed E-state index contributed by atoms with van der Waals surface area (Å²) in [6.07, 6.45) is 5.22. The number of carbonyl (C=O) groups excluding carboxylic acids is 1. The van der Waals surface area contributed by atoms with Crippen LogP contribution in [0, 0.1) is 0 Å². The first-order chi connectivity index (χ1) is 8.13. The summed E-state index contributed by atoms with van der Waals surface area (Å²) in [5, 5.41) is 0. The van der Waals surface area contributed by atoms with Crippen molar-refractivity contribution in [1.82, 2.24) is 0 Å². The fourth-order valence-electron chi connectivity index (χ4n) is 1.38. The normalized spacial score (nSPS) is 10.8. The van der Waals surface area contributed by atoms with E-state index >= 15 is 0 Å². The lowest BCUT2D eigenvalue weighted by atomic mass is 10.0. The highest BCUT2D eigenvalue weighted by atomic mass is 79.9. The smallest absolute Gasteiger partial charge is 0.339 e. The molecule has 0 amide bonds. The largest absolute Gasteiger partial charge is 0.465 e. The lowest BCUT2D eigenvalue weighted by Gasteiger charge is -2.06. The van der Waals surface area contributed by atoms with Gasteiger partial charge in [-0.15, -0.1) is 0 Å². The highest BCUT2D eigenvalue weighted by Gasteiger charge is 2.11. The van der Waals surface area contributed by atoms with Gasteiger partial charge in [-0.05, 0) is 39.2 Å². The predicted octanol–water partition coefficient (Wildman–Crippen LogP) is 3.99. The van der Waals surface area contributed by atoms with Crippen molar-refractivity contribution in [3.05, 3.63) is 65.2 Å². The maximum Gasteiger partial charge on any atom is 0.339 e. The van der Waals surface area contributed by atoms with Gasteiger partial charge in [0, 0.05) is 4.47 Å². The molecule has 0 N–H and O–H groups in total. The molecular weight excluding hydrogens is 280 g/mol. The standard InChI is InChI=1S/C14H13BrO2/c1-4-6-10(5-2)11-7-8-13(15)12(9-11)14(16)17-3/h4-9H,1-2H2,3H3/b10-6+. The molecule has 3 heteroatoms. The van der Waals surface area contributed by atoms with E-state index in [1.54, 1.807) is 18.2 Å². The lowest BCUT2D eigenvalue weighted by molar-refractivity contribution is 0.0599. The van der Waals surface area contributed by atoms with Crippen LogP contribution in [0.2, 0.25) is 0 Å². The van der Waals surface area contributed by atoms with E-state index in [1.807, 2.05) is 18.2 Å². The third kappa shape index (κ3) is 3.17. The molecule has 17 heavy (non-hydrogen) atoms. The summed E-state index contributed by atoms with van der Waals surface area (Å²) in [7, 11) is 1.36. The highest BCUT2D eigenvalue weighted by Crippen LogP contribution is 2.24. The zero-order chi connectivity index (χ0) is 12.8. The minimum Gasteiger partial charge on any atom is -0.465 e. The molecule has 0 fully saturated rings. The number of rotatable bonds is 4. The molecule has 0 aliphatic carbocycles. The number of esters is 1. The molecule has 0 atom stereocenters. The molecule has 0 saturated heterocycles. The van der Waals surface area contributed by atoms with Crippen LogP contribution in [0.15, 0.2) is 54.1 Å². The summed E-state index contributed by atoms with van der Waals surface area (Å²) in [5.41, 5.74) is 2.28. The van der Waals surface area contributed by atoms with E-state index in [-0.39, 0.29) is 5.97 Å². The molecule has 2 nitrogen and oxygen atoms in total. The minimum absolute atomic E-state index is 0.374. The highest BCUT2D eigenvalue weighted by molar-refractivity contribution is 9.10. The molecule has 0 unspecified atom stereocenters. The van der Waals surface area contributed by atoms with Gasteiger partial charge in [0.2, 0.25) is 0 Å². The summed E-state index contributed by atoms with van der Waals surface area (Å²) in [4.78, 5) is 11.5. The Balaban J connectivity index is 3.29. The number of carbonyl (C=O) groups is 1. The fourth-order valence-corrected chi connectivity index (χ4v) is 1.79. The van der Waals surface area contributed by atoms with Crippen molar-refractivity contribution in [3.63, 3.8) is 0 Å². The first-order valence-electron chi connectivity index (χ1n) is 4.97.